The molecular formula is C16H23N3O3. The Morgan fingerprint density at radius 2 is 2.23 bits per heavy atom. The van der Waals surface area contributed by atoms with E-state index in [1.807, 2.05) is 18.7 Å². The maximum absolute atomic E-state index is 13.1. The Morgan fingerprint density at radius 1 is 1.41 bits per heavy atom. The molecule has 0 unspecified atom stereocenters. The van der Waals surface area contributed by atoms with E-state index in [2.05, 4.69) is 10.2 Å². The summed E-state index contributed by atoms with van der Waals surface area (Å²) in [6.07, 6.45) is 4.09. The van der Waals surface area contributed by atoms with Crippen molar-refractivity contribution in [1.29, 1.82) is 0 Å². The van der Waals surface area contributed by atoms with Crippen molar-refractivity contribution in [3.63, 3.8) is 0 Å². The molecule has 2 atom stereocenters. The Balaban J connectivity index is 1.66. The molecule has 1 N–H and O–H groups in total. The van der Waals surface area contributed by atoms with Gasteiger partial charge in [-0.05, 0) is 33.1 Å². The lowest BCUT2D eigenvalue weighted by molar-refractivity contribution is -0.0880. The van der Waals surface area contributed by atoms with Gasteiger partial charge in [0.15, 0.2) is 5.69 Å². The fraction of sp³-hybridized carbons (Fsp3) is 0.750. The van der Waals surface area contributed by atoms with E-state index in [1.165, 1.54) is 6.42 Å². The summed E-state index contributed by atoms with van der Waals surface area (Å²) in [4.78, 5) is 15.1. The molecule has 4 rings (SSSR count). The second-order valence-electron chi connectivity index (χ2n) is 6.84. The number of carbonyl (C=O) groups is 1. The van der Waals surface area contributed by atoms with Gasteiger partial charge < -0.3 is 14.4 Å². The van der Waals surface area contributed by atoms with Crippen LogP contribution in [0.2, 0.25) is 0 Å². The number of carbonyl (C=O) groups excluding carboxylic acids is 1. The molecule has 1 aliphatic carbocycles. The first-order chi connectivity index (χ1) is 10.6. The van der Waals surface area contributed by atoms with E-state index in [9.17, 15) is 4.79 Å². The molecule has 2 fully saturated rings. The van der Waals surface area contributed by atoms with Gasteiger partial charge in [0.05, 0.1) is 36.7 Å². The van der Waals surface area contributed by atoms with E-state index in [1.54, 1.807) is 0 Å². The summed E-state index contributed by atoms with van der Waals surface area (Å²) in [5, 5.41) is 7.37. The number of rotatable bonds is 1. The second-order valence-corrected chi connectivity index (χ2v) is 6.84. The highest BCUT2D eigenvalue weighted by Gasteiger charge is 2.48. The Kier molecular flexibility index (Phi) is 3.27. The zero-order valence-corrected chi connectivity index (χ0v) is 13.2. The summed E-state index contributed by atoms with van der Waals surface area (Å²) >= 11 is 0. The monoisotopic (exact) mass is 305 g/mol. The normalized spacial score (nSPS) is 30.0. The summed E-state index contributed by atoms with van der Waals surface area (Å²) in [5.41, 5.74) is 2.50. The lowest BCUT2D eigenvalue weighted by Gasteiger charge is -2.52. The third-order valence-corrected chi connectivity index (χ3v) is 5.37. The van der Waals surface area contributed by atoms with Crippen LogP contribution >= 0.6 is 0 Å². The van der Waals surface area contributed by atoms with Crippen LogP contribution in [0.15, 0.2) is 0 Å². The van der Waals surface area contributed by atoms with Gasteiger partial charge in [-0.2, -0.15) is 5.10 Å². The number of ether oxygens (including phenoxy) is 2. The van der Waals surface area contributed by atoms with Gasteiger partial charge in [-0.1, -0.05) is 0 Å². The molecule has 6 nitrogen and oxygen atoms in total. The molecule has 0 bridgehead atoms. The number of hydrogen-bond donors (Lipinski definition) is 1. The van der Waals surface area contributed by atoms with Crippen molar-refractivity contribution in [2.24, 2.45) is 0 Å². The topological polar surface area (TPSA) is 67.5 Å². The van der Waals surface area contributed by atoms with Gasteiger partial charge in [0.2, 0.25) is 0 Å². The molecule has 1 saturated heterocycles. The van der Waals surface area contributed by atoms with Crippen LogP contribution in [0.1, 0.15) is 61.0 Å². The van der Waals surface area contributed by atoms with Gasteiger partial charge >= 0.3 is 0 Å². The highest BCUT2D eigenvalue weighted by molar-refractivity contribution is 5.94. The minimum absolute atomic E-state index is 0.0323. The SMILES string of the molecule is C[C@@H]1Cc2c(C(=O)N3CCOCC34CCC4)n[nH]c2[C@H](C)O1. The number of nitrogens with zero attached hydrogens (tertiary/aromatic N) is 2. The first kappa shape index (κ1) is 14.2. The number of aromatic amines is 1. The molecule has 1 amide bonds. The number of H-pyrrole nitrogens is 1. The van der Waals surface area contributed by atoms with Crippen LogP contribution in [0.5, 0.6) is 0 Å². The Morgan fingerprint density at radius 3 is 2.95 bits per heavy atom. The molecule has 1 saturated carbocycles. The highest BCUT2D eigenvalue weighted by Crippen LogP contribution is 2.41. The van der Waals surface area contributed by atoms with Crippen molar-refractivity contribution in [1.82, 2.24) is 15.1 Å². The van der Waals surface area contributed by atoms with Crippen LogP contribution in [0.25, 0.3) is 0 Å². The van der Waals surface area contributed by atoms with Crippen molar-refractivity contribution in [3.05, 3.63) is 17.0 Å². The standard InChI is InChI=1S/C16H23N3O3/c1-10-8-12-13(11(2)22-10)17-18-14(12)15(20)19-6-7-21-9-16(19)4-3-5-16/h10-11H,3-9H2,1-2H3,(H,17,18)/t10-,11+/m1/s1. The molecule has 1 aromatic rings. The summed E-state index contributed by atoms with van der Waals surface area (Å²) in [6, 6.07) is 0. The van der Waals surface area contributed by atoms with Crippen LogP contribution < -0.4 is 0 Å². The molecule has 0 aromatic carbocycles. The number of hydrogen-bond acceptors (Lipinski definition) is 4. The Labute approximate surface area is 130 Å². The molecule has 6 heteroatoms. The largest absolute Gasteiger partial charge is 0.377 e. The van der Waals surface area contributed by atoms with Gasteiger partial charge in [0.1, 0.15) is 0 Å². The van der Waals surface area contributed by atoms with E-state index < -0.39 is 0 Å². The fourth-order valence-electron chi connectivity index (χ4n) is 4.03. The number of morpholine rings is 1. The number of nitrogens with one attached hydrogen (secondary N) is 1. The van der Waals surface area contributed by atoms with Crippen LogP contribution in [-0.2, 0) is 15.9 Å². The minimum Gasteiger partial charge on any atom is -0.377 e. The molecule has 22 heavy (non-hydrogen) atoms. The second kappa shape index (κ2) is 5.06. The first-order valence-electron chi connectivity index (χ1n) is 8.23. The Hall–Kier alpha value is -1.40. The van der Waals surface area contributed by atoms with Crippen molar-refractivity contribution < 1.29 is 14.3 Å². The highest BCUT2D eigenvalue weighted by atomic mass is 16.5. The van der Waals surface area contributed by atoms with Crippen LogP contribution in [0.4, 0.5) is 0 Å². The average molecular weight is 305 g/mol. The van der Waals surface area contributed by atoms with E-state index >= 15 is 0 Å². The lowest BCUT2D eigenvalue weighted by Crippen LogP contribution is -2.62. The lowest BCUT2D eigenvalue weighted by atomic mass is 9.75. The van der Waals surface area contributed by atoms with Crippen LogP contribution in [0, 0.1) is 0 Å². The molecule has 3 aliphatic rings. The van der Waals surface area contributed by atoms with Gasteiger partial charge in [0, 0.05) is 18.5 Å². The molecule has 3 heterocycles. The third kappa shape index (κ3) is 2.01. The quantitative estimate of drug-likeness (QED) is 0.859. The molecule has 2 aliphatic heterocycles. The van der Waals surface area contributed by atoms with Crippen molar-refractivity contribution in [2.75, 3.05) is 19.8 Å². The van der Waals surface area contributed by atoms with Crippen molar-refractivity contribution in [2.45, 2.75) is 57.3 Å². The van der Waals surface area contributed by atoms with Crippen molar-refractivity contribution >= 4 is 5.91 Å². The van der Waals surface area contributed by atoms with Crippen molar-refractivity contribution in [3.8, 4) is 0 Å². The average Bonchev–Trinajstić information content (AvgIpc) is 2.88. The molecule has 0 radical (unpaired) electrons. The number of fused-ring (bicyclic) bond motifs is 1. The Bertz CT molecular complexity index is 593. The third-order valence-electron chi connectivity index (χ3n) is 5.37. The van der Waals surface area contributed by atoms with E-state index in [4.69, 9.17) is 9.47 Å². The number of aromatic nitrogens is 2. The fourth-order valence-corrected chi connectivity index (χ4v) is 4.03. The number of amides is 1. The summed E-state index contributed by atoms with van der Waals surface area (Å²) in [7, 11) is 0. The maximum atomic E-state index is 13.1. The molecular weight excluding hydrogens is 282 g/mol. The first-order valence-corrected chi connectivity index (χ1v) is 8.23. The van der Waals surface area contributed by atoms with E-state index in [-0.39, 0.29) is 23.7 Å². The predicted molar refractivity (Wildman–Crippen MR) is 79.7 cm³/mol. The van der Waals surface area contributed by atoms with Crippen LogP contribution in [0.3, 0.4) is 0 Å². The van der Waals surface area contributed by atoms with E-state index in [0.717, 1.165) is 30.5 Å². The zero-order chi connectivity index (χ0) is 15.3. The summed E-state index contributed by atoms with van der Waals surface area (Å²) < 4.78 is 11.4. The summed E-state index contributed by atoms with van der Waals surface area (Å²) in [5.74, 6) is 0.0572. The predicted octanol–water partition coefficient (Wildman–Crippen LogP) is 1.83. The van der Waals surface area contributed by atoms with Gasteiger partial charge in [0.25, 0.3) is 5.91 Å². The van der Waals surface area contributed by atoms with E-state index in [0.29, 0.717) is 25.5 Å². The molecule has 120 valence electrons. The maximum Gasteiger partial charge on any atom is 0.275 e. The summed E-state index contributed by atoms with van der Waals surface area (Å²) in [6.45, 7) is 6.01. The minimum atomic E-state index is -0.0798. The zero-order valence-electron chi connectivity index (χ0n) is 13.2. The van der Waals surface area contributed by atoms with Crippen LogP contribution in [-0.4, -0.2) is 52.4 Å². The smallest absolute Gasteiger partial charge is 0.275 e. The van der Waals surface area contributed by atoms with Gasteiger partial charge in [-0.3, -0.25) is 9.89 Å². The molecule has 1 spiro atoms. The van der Waals surface area contributed by atoms with Gasteiger partial charge in [-0.25, -0.2) is 0 Å². The molecule has 1 aromatic heterocycles. The van der Waals surface area contributed by atoms with Gasteiger partial charge in [-0.15, -0.1) is 0 Å².